The Morgan fingerprint density at radius 3 is 2.86 bits per heavy atom. The fourth-order valence-corrected chi connectivity index (χ4v) is 1.34. The van der Waals surface area contributed by atoms with Gasteiger partial charge in [0.25, 0.3) is 0 Å². The molecule has 1 atom stereocenters. The minimum absolute atomic E-state index is 0.0461. The summed E-state index contributed by atoms with van der Waals surface area (Å²) >= 11 is 0. The van der Waals surface area contributed by atoms with Crippen LogP contribution in [0.15, 0.2) is 12.2 Å². The highest BCUT2D eigenvalue weighted by atomic mass is 16.7. The van der Waals surface area contributed by atoms with E-state index in [2.05, 4.69) is 0 Å². The van der Waals surface area contributed by atoms with Crippen LogP contribution in [0, 0.1) is 0 Å². The smallest absolute Gasteiger partial charge is 0.157 e. The van der Waals surface area contributed by atoms with E-state index >= 15 is 0 Å². The van der Waals surface area contributed by atoms with Crippen molar-refractivity contribution in [3.8, 4) is 0 Å². The van der Waals surface area contributed by atoms with Crippen molar-refractivity contribution in [3.05, 3.63) is 12.2 Å². The minimum atomic E-state index is -0.753. The van der Waals surface area contributed by atoms with Crippen molar-refractivity contribution in [3.63, 3.8) is 0 Å². The molecule has 0 aromatic heterocycles. The van der Waals surface area contributed by atoms with Gasteiger partial charge in [-0.3, -0.25) is 0 Å². The fourth-order valence-electron chi connectivity index (χ4n) is 1.34. The molecule has 1 saturated heterocycles. The van der Waals surface area contributed by atoms with Crippen LogP contribution in [0.25, 0.3) is 0 Å². The zero-order valence-electron chi connectivity index (χ0n) is 9.03. The van der Waals surface area contributed by atoms with Gasteiger partial charge >= 0.3 is 0 Å². The monoisotopic (exact) mass is 200 g/mol. The van der Waals surface area contributed by atoms with E-state index in [0.717, 1.165) is 19.4 Å². The third-order valence-corrected chi connectivity index (χ3v) is 2.04. The number of aliphatic hydroxyl groups is 1. The lowest BCUT2D eigenvalue weighted by Gasteiger charge is -2.22. The molecule has 0 aromatic rings. The summed E-state index contributed by atoms with van der Waals surface area (Å²) in [6.07, 6.45) is 6.82. The van der Waals surface area contributed by atoms with Crippen LogP contribution in [0.4, 0.5) is 0 Å². The second kappa shape index (κ2) is 5.49. The third-order valence-electron chi connectivity index (χ3n) is 2.04. The Bertz CT molecular complexity index is 175. The van der Waals surface area contributed by atoms with Crippen molar-refractivity contribution in [2.75, 3.05) is 13.2 Å². The van der Waals surface area contributed by atoms with E-state index in [1.165, 1.54) is 6.42 Å². The van der Waals surface area contributed by atoms with E-state index in [-0.39, 0.29) is 6.29 Å². The molecule has 1 unspecified atom stereocenters. The van der Waals surface area contributed by atoms with E-state index < -0.39 is 5.60 Å². The molecular formula is C11H20O3. The maximum atomic E-state index is 9.38. The van der Waals surface area contributed by atoms with E-state index in [1.807, 2.05) is 6.08 Å². The lowest BCUT2D eigenvalue weighted by Crippen LogP contribution is -2.22. The molecule has 3 nitrogen and oxygen atoms in total. The van der Waals surface area contributed by atoms with Gasteiger partial charge in [-0.05, 0) is 33.1 Å². The summed E-state index contributed by atoms with van der Waals surface area (Å²) in [5, 5.41) is 9.38. The van der Waals surface area contributed by atoms with Crippen LogP contribution >= 0.6 is 0 Å². The molecular weight excluding hydrogens is 180 g/mol. The molecule has 0 aliphatic carbocycles. The Hall–Kier alpha value is -0.380. The molecule has 1 fully saturated rings. The van der Waals surface area contributed by atoms with Crippen LogP contribution in [-0.4, -0.2) is 30.2 Å². The zero-order chi connectivity index (χ0) is 10.4. The van der Waals surface area contributed by atoms with E-state index in [0.29, 0.717) is 6.61 Å². The Kier molecular flexibility index (Phi) is 4.58. The van der Waals surface area contributed by atoms with Gasteiger partial charge in [-0.25, -0.2) is 0 Å². The average molecular weight is 200 g/mol. The maximum Gasteiger partial charge on any atom is 0.157 e. The number of ether oxygens (including phenoxy) is 2. The summed E-state index contributed by atoms with van der Waals surface area (Å²) in [4.78, 5) is 0. The van der Waals surface area contributed by atoms with Crippen molar-refractivity contribution >= 4 is 0 Å². The molecule has 0 spiro atoms. The summed E-state index contributed by atoms with van der Waals surface area (Å²) in [6.45, 7) is 4.79. The normalized spacial score (nSPS) is 24.4. The van der Waals surface area contributed by atoms with Gasteiger partial charge in [0.15, 0.2) is 6.29 Å². The van der Waals surface area contributed by atoms with Crippen LogP contribution in [0.1, 0.15) is 33.1 Å². The predicted molar refractivity (Wildman–Crippen MR) is 55.0 cm³/mol. The summed E-state index contributed by atoms with van der Waals surface area (Å²) < 4.78 is 10.8. The van der Waals surface area contributed by atoms with Crippen LogP contribution in [0.2, 0.25) is 0 Å². The molecule has 0 aromatic carbocycles. The van der Waals surface area contributed by atoms with E-state index in [9.17, 15) is 5.11 Å². The molecule has 0 saturated carbocycles. The van der Waals surface area contributed by atoms with Gasteiger partial charge in [0.1, 0.15) is 0 Å². The fraction of sp³-hybridized carbons (Fsp3) is 0.818. The first kappa shape index (κ1) is 11.7. The SMILES string of the molecule is CC(C)(O)/C=C/COC1CCCCO1. The second-order valence-electron chi connectivity index (χ2n) is 4.19. The molecule has 1 rings (SSSR count). The second-order valence-corrected chi connectivity index (χ2v) is 4.19. The zero-order valence-corrected chi connectivity index (χ0v) is 9.03. The van der Waals surface area contributed by atoms with Crippen molar-refractivity contribution in [1.29, 1.82) is 0 Å². The summed E-state index contributed by atoms with van der Waals surface area (Å²) in [6, 6.07) is 0. The number of hydrogen-bond acceptors (Lipinski definition) is 3. The van der Waals surface area contributed by atoms with E-state index in [4.69, 9.17) is 9.47 Å². The van der Waals surface area contributed by atoms with Crippen LogP contribution < -0.4 is 0 Å². The Morgan fingerprint density at radius 2 is 2.29 bits per heavy atom. The van der Waals surface area contributed by atoms with Crippen LogP contribution in [0.5, 0.6) is 0 Å². The first-order valence-electron chi connectivity index (χ1n) is 5.21. The third kappa shape index (κ3) is 5.37. The Morgan fingerprint density at radius 1 is 1.50 bits per heavy atom. The topological polar surface area (TPSA) is 38.7 Å². The van der Waals surface area contributed by atoms with Crippen molar-refractivity contribution in [2.45, 2.75) is 45.0 Å². The van der Waals surface area contributed by atoms with Crippen molar-refractivity contribution in [1.82, 2.24) is 0 Å². The summed E-state index contributed by atoms with van der Waals surface area (Å²) in [5.74, 6) is 0. The lowest BCUT2D eigenvalue weighted by molar-refractivity contribution is -0.155. The standard InChI is InChI=1S/C11H20O3/c1-11(2,12)7-5-9-14-10-6-3-4-8-13-10/h5,7,10,12H,3-4,6,8-9H2,1-2H3/b7-5+. The van der Waals surface area contributed by atoms with Gasteiger partial charge < -0.3 is 14.6 Å². The molecule has 3 heteroatoms. The largest absolute Gasteiger partial charge is 0.386 e. The maximum absolute atomic E-state index is 9.38. The molecule has 0 radical (unpaired) electrons. The Balaban J connectivity index is 2.11. The molecule has 82 valence electrons. The highest BCUT2D eigenvalue weighted by Crippen LogP contribution is 2.13. The highest BCUT2D eigenvalue weighted by molar-refractivity contribution is 4.95. The van der Waals surface area contributed by atoms with E-state index in [1.54, 1.807) is 19.9 Å². The molecule has 14 heavy (non-hydrogen) atoms. The highest BCUT2D eigenvalue weighted by Gasteiger charge is 2.13. The van der Waals surface area contributed by atoms with Gasteiger partial charge in [-0.1, -0.05) is 12.2 Å². The van der Waals surface area contributed by atoms with Gasteiger partial charge in [0, 0.05) is 6.61 Å². The molecule has 1 aliphatic heterocycles. The van der Waals surface area contributed by atoms with Crippen molar-refractivity contribution in [2.24, 2.45) is 0 Å². The molecule has 0 amide bonds. The van der Waals surface area contributed by atoms with Gasteiger partial charge in [-0.2, -0.15) is 0 Å². The first-order valence-corrected chi connectivity index (χ1v) is 5.21. The van der Waals surface area contributed by atoms with Crippen molar-refractivity contribution < 1.29 is 14.6 Å². The van der Waals surface area contributed by atoms with Gasteiger partial charge in [0.05, 0.1) is 12.2 Å². The van der Waals surface area contributed by atoms with Gasteiger partial charge in [-0.15, -0.1) is 0 Å². The summed E-state index contributed by atoms with van der Waals surface area (Å²) in [7, 11) is 0. The quantitative estimate of drug-likeness (QED) is 0.704. The van der Waals surface area contributed by atoms with Crippen LogP contribution in [-0.2, 0) is 9.47 Å². The predicted octanol–water partition coefficient (Wildman–Crippen LogP) is 1.86. The number of rotatable bonds is 4. The molecule has 1 aliphatic rings. The summed E-state index contributed by atoms with van der Waals surface area (Å²) in [5.41, 5.74) is -0.753. The van der Waals surface area contributed by atoms with Gasteiger partial charge in [0.2, 0.25) is 0 Å². The number of hydrogen-bond donors (Lipinski definition) is 1. The molecule has 0 bridgehead atoms. The first-order chi connectivity index (χ1) is 6.58. The Labute approximate surface area is 85.7 Å². The molecule has 1 N–H and O–H groups in total. The molecule has 1 heterocycles. The van der Waals surface area contributed by atoms with Crippen LogP contribution in [0.3, 0.4) is 0 Å². The lowest BCUT2D eigenvalue weighted by atomic mass is 10.1. The average Bonchev–Trinajstić information content (AvgIpc) is 2.13. The minimum Gasteiger partial charge on any atom is -0.386 e.